The molecule has 1 unspecified atom stereocenters. The molecule has 4 N–H and O–H groups in total. The number of aliphatic hydroxyl groups is 1. The summed E-state index contributed by atoms with van der Waals surface area (Å²) in [6.45, 7) is 0.379. The van der Waals surface area contributed by atoms with Gasteiger partial charge in [-0.1, -0.05) is 12.5 Å². The van der Waals surface area contributed by atoms with Crippen LogP contribution in [-0.4, -0.2) is 47.7 Å². The standard InChI is InChI=1S/C22H22N6O2S2/c23-19-18-15(16-6-1-2-7-24-16)10-17(13-11-26-22(27-12-13)25-8-9-29)28-20(18)31-21(19)32(30)14-4-3-5-14/h1-2,6-7,10-12,14,29H,3-5,8-9,23H2,(H,25,26,27). The number of anilines is 2. The number of nitrogens with zero attached hydrogens (tertiary/aromatic N) is 4. The number of pyridine rings is 2. The zero-order valence-corrected chi connectivity index (χ0v) is 18.8. The van der Waals surface area contributed by atoms with Crippen molar-refractivity contribution in [3.8, 4) is 22.5 Å². The molecule has 0 spiro atoms. The van der Waals surface area contributed by atoms with Crippen LogP contribution in [0.3, 0.4) is 0 Å². The van der Waals surface area contributed by atoms with Gasteiger partial charge in [-0.3, -0.25) is 9.19 Å². The SMILES string of the molecule is Nc1c(S(=O)C2CCC2)sc2nc(-c3cnc(NCCO)nc3)cc(-c3ccccn3)c12. The molecule has 4 aromatic heterocycles. The molecule has 0 saturated heterocycles. The molecule has 0 bridgehead atoms. The van der Waals surface area contributed by atoms with Gasteiger partial charge in [-0.15, -0.1) is 11.3 Å². The van der Waals surface area contributed by atoms with Crippen molar-refractivity contribution < 1.29 is 9.32 Å². The van der Waals surface area contributed by atoms with Crippen LogP contribution in [0.1, 0.15) is 19.3 Å². The Bertz CT molecular complexity index is 1270. The summed E-state index contributed by atoms with van der Waals surface area (Å²) in [5.74, 6) is 0.437. The van der Waals surface area contributed by atoms with Crippen LogP contribution in [0.15, 0.2) is 47.1 Å². The summed E-state index contributed by atoms with van der Waals surface area (Å²) < 4.78 is 13.8. The van der Waals surface area contributed by atoms with Crippen molar-refractivity contribution >= 4 is 44.0 Å². The molecule has 1 atom stereocenters. The van der Waals surface area contributed by atoms with Crippen LogP contribution in [0.5, 0.6) is 0 Å². The minimum absolute atomic E-state index is 0.00112. The molecular weight excluding hydrogens is 444 g/mol. The number of nitrogens with two attached hydrogens (primary N) is 1. The number of aliphatic hydroxyl groups excluding tert-OH is 1. The lowest BCUT2D eigenvalue weighted by Gasteiger charge is -2.23. The highest BCUT2D eigenvalue weighted by Gasteiger charge is 2.29. The molecule has 164 valence electrons. The summed E-state index contributed by atoms with van der Waals surface area (Å²) in [6.07, 6.45) is 8.18. The van der Waals surface area contributed by atoms with Gasteiger partial charge in [-0.2, -0.15) is 0 Å². The van der Waals surface area contributed by atoms with Gasteiger partial charge in [0.05, 0.1) is 34.5 Å². The normalized spacial score (nSPS) is 14.9. The van der Waals surface area contributed by atoms with Crippen LogP contribution in [0.2, 0.25) is 0 Å². The molecule has 0 aromatic carbocycles. The van der Waals surface area contributed by atoms with Crippen molar-refractivity contribution in [3.63, 3.8) is 0 Å². The largest absolute Gasteiger partial charge is 0.396 e. The first-order chi connectivity index (χ1) is 15.7. The lowest BCUT2D eigenvalue weighted by atomic mass is 10.0. The third-order valence-corrected chi connectivity index (χ3v) is 8.79. The highest BCUT2D eigenvalue weighted by Crippen LogP contribution is 2.44. The Kier molecular flexibility index (Phi) is 5.81. The molecule has 1 aliphatic rings. The van der Waals surface area contributed by atoms with Gasteiger partial charge in [0, 0.05) is 46.9 Å². The minimum Gasteiger partial charge on any atom is -0.396 e. The third-order valence-electron chi connectivity index (χ3n) is 5.49. The molecule has 1 fully saturated rings. The lowest BCUT2D eigenvalue weighted by molar-refractivity contribution is 0.311. The van der Waals surface area contributed by atoms with Crippen molar-refractivity contribution in [2.45, 2.75) is 28.7 Å². The highest BCUT2D eigenvalue weighted by atomic mass is 32.2. The van der Waals surface area contributed by atoms with Crippen LogP contribution in [-0.2, 0) is 10.8 Å². The molecule has 1 saturated carbocycles. The summed E-state index contributed by atoms with van der Waals surface area (Å²) >= 11 is 1.40. The second-order valence-electron chi connectivity index (χ2n) is 7.55. The van der Waals surface area contributed by atoms with Crippen molar-refractivity contribution in [2.75, 3.05) is 24.2 Å². The van der Waals surface area contributed by atoms with Gasteiger partial charge in [0.15, 0.2) is 0 Å². The Morgan fingerprint density at radius 2 is 2.00 bits per heavy atom. The number of hydrogen-bond acceptors (Lipinski definition) is 9. The zero-order valence-electron chi connectivity index (χ0n) is 17.2. The van der Waals surface area contributed by atoms with Crippen molar-refractivity contribution in [2.24, 2.45) is 0 Å². The number of nitrogen functional groups attached to an aromatic ring is 1. The van der Waals surface area contributed by atoms with Gasteiger partial charge in [0.25, 0.3) is 0 Å². The van der Waals surface area contributed by atoms with E-state index in [0.29, 0.717) is 28.1 Å². The summed E-state index contributed by atoms with van der Waals surface area (Å²) in [7, 11) is -1.13. The lowest BCUT2D eigenvalue weighted by Crippen LogP contribution is -2.23. The van der Waals surface area contributed by atoms with Crippen molar-refractivity contribution in [3.05, 3.63) is 42.9 Å². The first kappa shape index (κ1) is 20.9. The quantitative estimate of drug-likeness (QED) is 0.378. The number of thiophene rings is 1. The maximum Gasteiger partial charge on any atom is 0.222 e. The Morgan fingerprint density at radius 3 is 2.66 bits per heavy atom. The minimum atomic E-state index is -1.13. The molecule has 0 aliphatic heterocycles. The van der Waals surface area contributed by atoms with Gasteiger partial charge in [0.1, 0.15) is 9.04 Å². The van der Waals surface area contributed by atoms with E-state index in [1.165, 1.54) is 11.3 Å². The Hall–Kier alpha value is -2.95. The zero-order chi connectivity index (χ0) is 22.1. The monoisotopic (exact) mass is 466 g/mol. The van der Waals surface area contributed by atoms with Gasteiger partial charge in [-0.25, -0.2) is 15.0 Å². The fraction of sp³-hybridized carbons (Fsp3) is 0.273. The fourth-order valence-electron chi connectivity index (χ4n) is 3.58. The van der Waals surface area contributed by atoms with Crippen LogP contribution in [0, 0.1) is 0 Å². The Labute approximate surface area is 191 Å². The van der Waals surface area contributed by atoms with Crippen molar-refractivity contribution in [1.29, 1.82) is 0 Å². The first-order valence-corrected chi connectivity index (χ1v) is 12.4. The van der Waals surface area contributed by atoms with Crippen LogP contribution < -0.4 is 11.1 Å². The summed E-state index contributed by atoms with van der Waals surface area (Å²) in [5, 5.41) is 12.9. The van der Waals surface area contributed by atoms with E-state index >= 15 is 0 Å². The van der Waals surface area contributed by atoms with Gasteiger partial charge < -0.3 is 16.2 Å². The number of aromatic nitrogens is 4. The Morgan fingerprint density at radius 1 is 1.19 bits per heavy atom. The van der Waals surface area contributed by atoms with E-state index in [1.54, 1.807) is 18.6 Å². The fourth-order valence-corrected chi connectivity index (χ4v) is 6.79. The molecule has 0 radical (unpaired) electrons. The van der Waals surface area contributed by atoms with Crippen molar-refractivity contribution in [1.82, 2.24) is 19.9 Å². The third kappa shape index (κ3) is 3.85. The van der Waals surface area contributed by atoms with Gasteiger partial charge in [0.2, 0.25) is 5.95 Å². The topological polar surface area (TPSA) is 127 Å². The molecule has 10 heteroatoms. The second kappa shape index (κ2) is 8.89. The van der Waals surface area contributed by atoms with Gasteiger partial charge >= 0.3 is 0 Å². The Balaban J connectivity index is 1.64. The van der Waals surface area contributed by atoms with E-state index in [1.807, 2.05) is 24.3 Å². The van der Waals surface area contributed by atoms with E-state index in [4.69, 9.17) is 15.8 Å². The number of hydrogen-bond donors (Lipinski definition) is 3. The molecule has 0 amide bonds. The summed E-state index contributed by atoms with van der Waals surface area (Å²) in [6, 6.07) is 7.65. The first-order valence-electron chi connectivity index (χ1n) is 10.4. The number of fused-ring (bicyclic) bond motifs is 1. The van der Waals surface area contributed by atoms with E-state index in [-0.39, 0.29) is 11.9 Å². The highest BCUT2D eigenvalue weighted by molar-refractivity contribution is 7.88. The van der Waals surface area contributed by atoms with Crippen LogP contribution >= 0.6 is 11.3 Å². The maximum atomic E-state index is 13.1. The second-order valence-corrected chi connectivity index (χ2v) is 10.5. The predicted molar refractivity (Wildman–Crippen MR) is 128 cm³/mol. The van der Waals surface area contributed by atoms with E-state index in [9.17, 15) is 4.21 Å². The summed E-state index contributed by atoms with van der Waals surface area (Å²) in [5.41, 5.74) is 10.1. The molecule has 32 heavy (non-hydrogen) atoms. The van der Waals surface area contributed by atoms with Crippen LogP contribution in [0.25, 0.3) is 32.7 Å². The van der Waals surface area contributed by atoms with E-state index in [2.05, 4.69) is 20.3 Å². The van der Waals surface area contributed by atoms with E-state index < -0.39 is 10.8 Å². The average molecular weight is 467 g/mol. The molecular formula is C22H22N6O2S2. The number of rotatable bonds is 7. The smallest absolute Gasteiger partial charge is 0.222 e. The van der Waals surface area contributed by atoms with E-state index in [0.717, 1.165) is 46.3 Å². The average Bonchev–Trinajstić information content (AvgIpc) is 3.13. The van der Waals surface area contributed by atoms with Gasteiger partial charge in [-0.05, 0) is 31.0 Å². The predicted octanol–water partition coefficient (Wildman–Crippen LogP) is 3.46. The molecule has 4 aromatic rings. The molecule has 4 heterocycles. The maximum absolute atomic E-state index is 13.1. The molecule has 8 nitrogen and oxygen atoms in total. The number of nitrogens with one attached hydrogen (secondary N) is 1. The molecule has 5 rings (SSSR count). The summed E-state index contributed by atoms with van der Waals surface area (Å²) in [4.78, 5) is 18.7. The van der Waals surface area contributed by atoms with Crippen LogP contribution in [0.4, 0.5) is 11.6 Å². The molecule has 1 aliphatic carbocycles.